The maximum atomic E-state index is 12.3. The van der Waals surface area contributed by atoms with Gasteiger partial charge in [0.05, 0.1) is 18.0 Å². The van der Waals surface area contributed by atoms with Gasteiger partial charge in [0, 0.05) is 18.4 Å². The lowest BCUT2D eigenvalue weighted by Crippen LogP contribution is -2.11. The number of ether oxygens (including phenoxy) is 1. The third-order valence-corrected chi connectivity index (χ3v) is 3.69. The van der Waals surface area contributed by atoms with Crippen molar-refractivity contribution in [2.75, 3.05) is 12.4 Å². The Balaban J connectivity index is 1.61. The number of methoxy groups -OCH3 is 1. The highest BCUT2D eigenvalue weighted by molar-refractivity contribution is 6.04. The van der Waals surface area contributed by atoms with E-state index >= 15 is 0 Å². The molecule has 1 amide bonds. The van der Waals surface area contributed by atoms with Crippen molar-refractivity contribution in [2.45, 2.75) is 6.61 Å². The van der Waals surface area contributed by atoms with E-state index in [1.165, 1.54) is 0 Å². The minimum atomic E-state index is -0.160. The molecule has 1 N–H and O–H groups in total. The Morgan fingerprint density at radius 2 is 1.46 bits per heavy atom. The van der Waals surface area contributed by atoms with Gasteiger partial charge < -0.3 is 10.1 Å². The van der Waals surface area contributed by atoms with Crippen molar-refractivity contribution >= 4 is 23.0 Å². The first kappa shape index (κ1) is 17.5. The molecule has 0 atom stereocenters. The lowest BCUT2D eigenvalue weighted by molar-refractivity contribution is 0.102. The first-order valence-corrected chi connectivity index (χ1v) is 8.21. The molecule has 0 radical (unpaired) electrons. The van der Waals surface area contributed by atoms with E-state index in [-0.39, 0.29) is 5.91 Å². The van der Waals surface area contributed by atoms with Gasteiger partial charge in [-0.2, -0.15) is 10.2 Å². The fourth-order valence-electron chi connectivity index (χ4n) is 2.34. The number of nitrogens with zero attached hydrogens (tertiary/aromatic N) is 2. The van der Waals surface area contributed by atoms with E-state index < -0.39 is 0 Å². The molecule has 0 saturated carbocycles. The summed E-state index contributed by atoms with van der Waals surface area (Å²) in [5.41, 5.74) is 3.84. The molecule has 0 bridgehead atoms. The van der Waals surface area contributed by atoms with Crippen LogP contribution in [-0.4, -0.2) is 13.0 Å². The minimum absolute atomic E-state index is 0.160. The molecule has 3 rings (SSSR count). The van der Waals surface area contributed by atoms with Crippen molar-refractivity contribution in [1.82, 2.24) is 0 Å². The predicted molar refractivity (Wildman–Crippen MR) is 102 cm³/mol. The van der Waals surface area contributed by atoms with Gasteiger partial charge in [0.2, 0.25) is 0 Å². The summed E-state index contributed by atoms with van der Waals surface area (Å²) < 4.78 is 5.07. The average molecular weight is 345 g/mol. The molecular weight excluding hydrogens is 326 g/mol. The molecule has 0 fully saturated rings. The number of azo groups is 1. The van der Waals surface area contributed by atoms with Crippen molar-refractivity contribution in [3.63, 3.8) is 0 Å². The van der Waals surface area contributed by atoms with Crippen LogP contribution in [0.4, 0.5) is 17.1 Å². The van der Waals surface area contributed by atoms with Crippen molar-refractivity contribution in [2.24, 2.45) is 10.2 Å². The zero-order valence-corrected chi connectivity index (χ0v) is 14.4. The normalized spacial score (nSPS) is 10.8. The van der Waals surface area contributed by atoms with E-state index in [9.17, 15) is 4.79 Å². The summed E-state index contributed by atoms with van der Waals surface area (Å²) in [6.45, 7) is 0.529. The Morgan fingerprint density at radius 3 is 2.08 bits per heavy atom. The zero-order valence-electron chi connectivity index (χ0n) is 14.4. The second-order valence-electron chi connectivity index (χ2n) is 5.67. The van der Waals surface area contributed by atoms with Gasteiger partial charge >= 0.3 is 0 Å². The zero-order chi connectivity index (χ0) is 18.2. The highest BCUT2D eigenvalue weighted by atomic mass is 16.5. The summed E-state index contributed by atoms with van der Waals surface area (Å²) in [7, 11) is 1.64. The molecular formula is C21H19N3O2. The van der Waals surface area contributed by atoms with Crippen LogP contribution in [0.25, 0.3) is 0 Å². The van der Waals surface area contributed by atoms with Crippen LogP contribution in [0.5, 0.6) is 0 Å². The van der Waals surface area contributed by atoms with Crippen LogP contribution in [0.1, 0.15) is 15.9 Å². The minimum Gasteiger partial charge on any atom is -0.380 e. The molecule has 0 aromatic heterocycles. The lowest BCUT2D eigenvalue weighted by Gasteiger charge is -2.06. The lowest BCUT2D eigenvalue weighted by atomic mass is 10.1. The number of hydrogen-bond acceptors (Lipinski definition) is 4. The molecule has 0 unspecified atom stereocenters. The number of benzene rings is 3. The van der Waals surface area contributed by atoms with Gasteiger partial charge in [-0.1, -0.05) is 30.3 Å². The topological polar surface area (TPSA) is 63.0 Å². The molecule has 3 aromatic rings. The molecule has 0 saturated heterocycles. The predicted octanol–water partition coefficient (Wildman–Crippen LogP) is 5.50. The van der Waals surface area contributed by atoms with Crippen LogP contribution in [0.2, 0.25) is 0 Å². The van der Waals surface area contributed by atoms with E-state index in [1.807, 2.05) is 54.6 Å². The standard InChI is InChI=1S/C21H19N3O2/c1-26-15-16-7-9-17(10-8-16)21(25)22-18-11-13-20(14-12-18)24-23-19-5-3-2-4-6-19/h2-14H,15H2,1H3,(H,22,25). The van der Waals surface area contributed by atoms with Gasteiger partial charge in [-0.25, -0.2) is 0 Å². The largest absolute Gasteiger partial charge is 0.380 e. The molecule has 3 aromatic carbocycles. The molecule has 5 nitrogen and oxygen atoms in total. The van der Waals surface area contributed by atoms with Crippen molar-refractivity contribution in [3.05, 3.63) is 90.0 Å². The van der Waals surface area contributed by atoms with Crippen molar-refractivity contribution < 1.29 is 9.53 Å². The van der Waals surface area contributed by atoms with Gasteiger partial charge in [0.15, 0.2) is 0 Å². The molecule has 5 heteroatoms. The summed E-state index contributed by atoms with van der Waals surface area (Å²) in [5.74, 6) is -0.160. The summed E-state index contributed by atoms with van der Waals surface area (Å²) in [6, 6.07) is 24.1. The highest BCUT2D eigenvalue weighted by Crippen LogP contribution is 2.20. The smallest absolute Gasteiger partial charge is 0.255 e. The number of amides is 1. The Labute approximate surface area is 152 Å². The molecule has 26 heavy (non-hydrogen) atoms. The van der Waals surface area contributed by atoms with Crippen LogP contribution in [-0.2, 0) is 11.3 Å². The Bertz CT molecular complexity index is 873. The summed E-state index contributed by atoms with van der Waals surface area (Å²) in [5, 5.41) is 11.2. The van der Waals surface area contributed by atoms with Crippen LogP contribution in [0, 0.1) is 0 Å². The fourth-order valence-corrected chi connectivity index (χ4v) is 2.34. The maximum absolute atomic E-state index is 12.3. The van der Waals surface area contributed by atoms with Crippen molar-refractivity contribution in [3.8, 4) is 0 Å². The van der Waals surface area contributed by atoms with Gasteiger partial charge in [-0.15, -0.1) is 0 Å². The molecule has 0 aliphatic carbocycles. The molecule has 0 aliphatic heterocycles. The van der Waals surface area contributed by atoms with E-state index in [2.05, 4.69) is 15.5 Å². The summed E-state index contributed by atoms with van der Waals surface area (Å²) in [4.78, 5) is 12.3. The second kappa shape index (κ2) is 8.69. The second-order valence-corrected chi connectivity index (χ2v) is 5.67. The third-order valence-electron chi connectivity index (χ3n) is 3.69. The average Bonchev–Trinajstić information content (AvgIpc) is 2.69. The highest BCUT2D eigenvalue weighted by Gasteiger charge is 2.06. The number of rotatable bonds is 6. The van der Waals surface area contributed by atoms with E-state index in [4.69, 9.17) is 4.74 Å². The first-order chi connectivity index (χ1) is 12.7. The Hall–Kier alpha value is -3.31. The van der Waals surface area contributed by atoms with Crippen LogP contribution < -0.4 is 5.32 Å². The van der Waals surface area contributed by atoms with E-state index in [1.54, 1.807) is 31.4 Å². The summed E-state index contributed by atoms with van der Waals surface area (Å²) >= 11 is 0. The van der Waals surface area contributed by atoms with Crippen molar-refractivity contribution in [1.29, 1.82) is 0 Å². The van der Waals surface area contributed by atoms with Crippen LogP contribution in [0.15, 0.2) is 89.1 Å². The van der Waals surface area contributed by atoms with Crippen LogP contribution >= 0.6 is 0 Å². The van der Waals surface area contributed by atoms with E-state index in [0.29, 0.717) is 17.9 Å². The SMILES string of the molecule is COCc1ccc(C(=O)Nc2ccc(N=Nc3ccccc3)cc2)cc1. The molecule has 0 aliphatic rings. The first-order valence-electron chi connectivity index (χ1n) is 8.21. The van der Waals surface area contributed by atoms with Gasteiger partial charge in [-0.05, 0) is 54.1 Å². The molecule has 0 heterocycles. The third kappa shape index (κ3) is 4.84. The van der Waals surface area contributed by atoms with Gasteiger partial charge in [-0.3, -0.25) is 4.79 Å². The molecule has 130 valence electrons. The fraction of sp³-hybridized carbons (Fsp3) is 0.0952. The number of carbonyl (C=O) groups excluding carboxylic acids is 1. The number of anilines is 1. The monoisotopic (exact) mass is 345 g/mol. The Kier molecular flexibility index (Phi) is 5.85. The maximum Gasteiger partial charge on any atom is 0.255 e. The summed E-state index contributed by atoms with van der Waals surface area (Å²) in [6.07, 6.45) is 0. The van der Waals surface area contributed by atoms with Gasteiger partial charge in [0.25, 0.3) is 5.91 Å². The number of hydrogen-bond donors (Lipinski definition) is 1. The molecule has 0 spiro atoms. The quantitative estimate of drug-likeness (QED) is 0.600. The Morgan fingerprint density at radius 1 is 0.846 bits per heavy atom. The van der Waals surface area contributed by atoms with Gasteiger partial charge in [0.1, 0.15) is 0 Å². The van der Waals surface area contributed by atoms with E-state index in [0.717, 1.165) is 16.9 Å². The number of carbonyl (C=O) groups is 1. The van der Waals surface area contributed by atoms with Crippen LogP contribution in [0.3, 0.4) is 0 Å². The number of nitrogens with one attached hydrogen (secondary N) is 1.